The van der Waals surface area contributed by atoms with Gasteiger partial charge in [0.2, 0.25) is 0 Å². The summed E-state index contributed by atoms with van der Waals surface area (Å²) in [5.74, 6) is -1.07. The summed E-state index contributed by atoms with van der Waals surface area (Å²) >= 11 is 23.8. The van der Waals surface area contributed by atoms with Crippen LogP contribution in [0.25, 0.3) is 11.1 Å². The van der Waals surface area contributed by atoms with Crippen molar-refractivity contribution in [3.8, 4) is 11.1 Å². The second-order valence-electron chi connectivity index (χ2n) is 3.76. The Hall–Kier alpha value is -0.930. The smallest absolute Gasteiger partial charge is 0.335 e. The van der Waals surface area contributed by atoms with E-state index >= 15 is 0 Å². The van der Waals surface area contributed by atoms with Gasteiger partial charge >= 0.3 is 5.97 Å². The van der Waals surface area contributed by atoms with Crippen LogP contribution in [0.5, 0.6) is 0 Å². The second kappa shape index (κ2) is 5.59. The normalized spacial score (nSPS) is 10.5. The number of halogens is 4. The van der Waals surface area contributed by atoms with Crippen molar-refractivity contribution in [2.75, 3.05) is 0 Å². The minimum absolute atomic E-state index is 0.0737. The molecule has 0 aliphatic rings. The number of hydrogen-bond acceptors (Lipinski definition) is 1. The van der Waals surface area contributed by atoms with Gasteiger partial charge in [-0.15, -0.1) is 0 Å². The molecule has 0 aliphatic heterocycles. The molecule has 0 aromatic heterocycles. The molecule has 0 atom stereocenters. The maximum Gasteiger partial charge on any atom is 0.335 e. The Morgan fingerprint density at radius 2 is 1.63 bits per heavy atom. The van der Waals surface area contributed by atoms with Gasteiger partial charge in [0, 0.05) is 10.6 Å². The first kappa shape index (κ1) is 14.5. The molecule has 0 fully saturated rings. The highest BCUT2D eigenvalue weighted by Crippen LogP contribution is 2.38. The van der Waals surface area contributed by atoms with E-state index in [0.29, 0.717) is 21.2 Å². The number of aromatic carboxylic acids is 1. The van der Waals surface area contributed by atoms with Crippen LogP contribution >= 0.6 is 46.4 Å². The molecule has 0 saturated heterocycles. The second-order valence-corrected chi connectivity index (χ2v) is 5.36. The standard InChI is InChI=1S/C13H6Cl4O2/c14-8-4-6(3-7(5-8)13(18)19)9-1-2-10(15)12(17)11(9)16/h1-5H,(H,18,19). The van der Waals surface area contributed by atoms with Gasteiger partial charge in [-0.2, -0.15) is 0 Å². The van der Waals surface area contributed by atoms with Gasteiger partial charge in [-0.25, -0.2) is 4.79 Å². The van der Waals surface area contributed by atoms with E-state index in [-0.39, 0.29) is 15.6 Å². The SMILES string of the molecule is O=C(O)c1cc(Cl)cc(-c2ccc(Cl)c(Cl)c2Cl)c1. The van der Waals surface area contributed by atoms with Crippen molar-refractivity contribution in [3.63, 3.8) is 0 Å². The molecule has 0 radical (unpaired) electrons. The summed E-state index contributed by atoms with van der Waals surface area (Å²) in [6.45, 7) is 0. The number of carbonyl (C=O) groups is 1. The average Bonchev–Trinajstić information content (AvgIpc) is 2.35. The van der Waals surface area contributed by atoms with Crippen LogP contribution in [0.2, 0.25) is 20.1 Å². The zero-order valence-electron chi connectivity index (χ0n) is 9.25. The van der Waals surface area contributed by atoms with Crippen LogP contribution in [0.3, 0.4) is 0 Å². The van der Waals surface area contributed by atoms with Gasteiger partial charge in [0.1, 0.15) is 0 Å². The van der Waals surface area contributed by atoms with E-state index in [1.165, 1.54) is 12.1 Å². The van der Waals surface area contributed by atoms with Crippen molar-refractivity contribution in [2.45, 2.75) is 0 Å². The zero-order valence-corrected chi connectivity index (χ0v) is 12.3. The maximum absolute atomic E-state index is 11.0. The van der Waals surface area contributed by atoms with Crippen LogP contribution < -0.4 is 0 Å². The highest BCUT2D eigenvalue weighted by Gasteiger charge is 2.13. The number of hydrogen-bond donors (Lipinski definition) is 1. The summed E-state index contributed by atoms with van der Waals surface area (Å²) < 4.78 is 0. The number of carboxylic acid groups (broad SMARTS) is 1. The predicted molar refractivity (Wildman–Crippen MR) is 78.9 cm³/mol. The summed E-state index contributed by atoms with van der Waals surface area (Å²) in [6.07, 6.45) is 0. The highest BCUT2D eigenvalue weighted by molar-refractivity contribution is 6.49. The lowest BCUT2D eigenvalue weighted by molar-refractivity contribution is 0.0697. The third kappa shape index (κ3) is 2.98. The zero-order chi connectivity index (χ0) is 14.2. The fraction of sp³-hybridized carbons (Fsp3) is 0. The first-order valence-corrected chi connectivity index (χ1v) is 6.59. The molecule has 0 unspecified atom stereocenters. The van der Waals surface area contributed by atoms with Gasteiger partial charge in [0.05, 0.1) is 20.6 Å². The fourth-order valence-corrected chi connectivity index (χ4v) is 2.50. The molecule has 0 heterocycles. The summed E-state index contributed by atoms with van der Waals surface area (Å²) in [4.78, 5) is 11.0. The first-order chi connectivity index (χ1) is 8.90. The molecule has 0 aliphatic carbocycles. The third-order valence-corrected chi connectivity index (χ3v) is 4.00. The van der Waals surface area contributed by atoms with E-state index in [0.717, 1.165) is 0 Å². The quantitative estimate of drug-likeness (QED) is 0.718. The van der Waals surface area contributed by atoms with Crippen LogP contribution in [0.15, 0.2) is 30.3 Å². The van der Waals surface area contributed by atoms with Crippen molar-refractivity contribution >= 4 is 52.4 Å². The Morgan fingerprint density at radius 1 is 0.947 bits per heavy atom. The Morgan fingerprint density at radius 3 is 2.26 bits per heavy atom. The van der Waals surface area contributed by atoms with Crippen LogP contribution in [0.1, 0.15) is 10.4 Å². The van der Waals surface area contributed by atoms with Crippen LogP contribution in [-0.4, -0.2) is 11.1 Å². The van der Waals surface area contributed by atoms with E-state index in [9.17, 15) is 4.79 Å². The van der Waals surface area contributed by atoms with E-state index in [1.807, 2.05) is 0 Å². The van der Waals surface area contributed by atoms with Gasteiger partial charge in [-0.05, 0) is 29.8 Å². The molecule has 2 rings (SSSR count). The van der Waals surface area contributed by atoms with Crippen molar-refractivity contribution in [3.05, 3.63) is 56.0 Å². The molecule has 0 amide bonds. The van der Waals surface area contributed by atoms with Crippen LogP contribution in [-0.2, 0) is 0 Å². The molecular weight excluding hydrogens is 330 g/mol. The van der Waals surface area contributed by atoms with Gasteiger partial charge in [-0.1, -0.05) is 52.5 Å². The molecule has 1 N–H and O–H groups in total. The highest BCUT2D eigenvalue weighted by atomic mass is 35.5. The number of rotatable bonds is 2. The van der Waals surface area contributed by atoms with Crippen molar-refractivity contribution < 1.29 is 9.90 Å². The molecule has 0 bridgehead atoms. The van der Waals surface area contributed by atoms with Crippen LogP contribution in [0.4, 0.5) is 0 Å². The topological polar surface area (TPSA) is 37.3 Å². The Kier molecular flexibility index (Phi) is 4.26. The molecule has 98 valence electrons. The Bertz CT molecular complexity index is 668. The Labute approximate surface area is 129 Å². The van der Waals surface area contributed by atoms with Crippen molar-refractivity contribution in [2.24, 2.45) is 0 Å². The van der Waals surface area contributed by atoms with Crippen LogP contribution in [0, 0.1) is 0 Å². The molecule has 0 saturated carbocycles. The van der Waals surface area contributed by atoms with Crippen molar-refractivity contribution in [1.82, 2.24) is 0 Å². The molecule has 2 nitrogen and oxygen atoms in total. The number of benzene rings is 2. The third-order valence-electron chi connectivity index (χ3n) is 2.49. The molecule has 2 aromatic rings. The molecule has 0 spiro atoms. The predicted octanol–water partition coefficient (Wildman–Crippen LogP) is 5.67. The average molecular weight is 336 g/mol. The minimum atomic E-state index is -1.07. The Balaban J connectivity index is 2.65. The lowest BCUT2D eigenvalue weighted by Crippen LogP contribution is -1.96. The summed E-state index contributed by atoms with van der Waals surface area (Å²) in [7, 11) is 0. The van der Waals surface area contributed by atoms with E-state index in [2.05, 4.69) is 0 Å². The first-order valence-electron chi connectivity index (χ1n) is 5.08. The number of carboxylic acids is 1. The minimum Gasteiger partial charge on any atom is -0.478 e. The van der Waals surface area contributed by atoms with Crippen molar-refractivity contribution in [1.29, 1.82) is 0 Å². The molecule has 6 heteroatoms. The molecule has 2 aromatic carbocycles. The van der Waals surface area contributed by atoms with Gasteiger partial charge in [0.15, 0.2) is 0 Å². The lowest BCUT2D eigenvalue weighted by Gasteiger charge is -2.09. The lowest BCUT2D eigenvalue weighted by atomic mass is 10.0. The maximum atomic E-state index is 11.0. The molecule has 19 heavy (non-hydrogen) atoms. The summed E-state index contributed by atoms with van der Waals surface area (Å²) in [5, 5.41) is 10.1. The summed E-state index contributed by atoms with van der Waals surface area (Å²) in [6, 6.07) is 7.69. The monoisotopic (exact) mass is 334 g/mol. The largest absolute Gasteiger partial charge is 0.478 e. The fourth-order valence-electron chi connectivity index (χ4n) is 1.62. The summed E-state index contributed by atoms with van der Waals surface area (Å²) in [5.41, 5.74) is 1.21. The van der Waals surface area contributed by atoms with Gasteiger partial charge in [-0.3, -0.25) is 0 Å². The van der Waals surface area contributed by atoms with E-state index in [4.69, 9.17) is 51.5 Å². The van der Waals surface area contributed by atoms with E-state index in [1.54, 1.807) is 18.2 Å². The van der Waals surface area contributed by atoms with E-state index < -0.39 is 5.97 Å². The van der Waals surface area contributed by atoms with Gasteiger partial charge < -0.3 is 5.11 Å². The van der Waals surface area contributed by atoms with Gasteiger partial charge in [0.25, 0.3) is 0 Å². The molecular formula is C13H6Cl4O2.